The third kappa shape index (κ3) is 2.85. The molecule has 1 aromatic rings. The van der Waals surface area contributed by atoms with E-state index >= 15 is 0 Å². The number of carbonyl (C=O) groups is 1. The van der Waals surface area contributed by atoms with Gasteiger partial charge in [0.1, 0.15) is 6.61 Å². The Kier molecular flexibility index (Phi) is 3.60. The molecule has 0 aromatic carbocycles. The lowest BCUT2D eigenvalue weighted by Gasteiger charge is -2.00. The van der Waals surface area contributed by atoms with Gasteiger partial charge < -0.3 is 9.84 Å². The molecule has 1 rings (SSSR count). The summed E-state index contributed by atoms with van der Waals surface area (Å²) < 4.78 is 5.13. The molecule has 1 aromatic heterocycles. The van der Waals surface area contributed by atoms with Crippen molar-refractivity contribution in [1.82, 2.24) is 10.2 Å². The minimum Gasteiger partial charge on any atom is -0.476 e. The molecule has 14 heavy (non-hydrogen) atoms. The SMILES string of the molecule is CC=CCOc1ccc(C(=O)O)nn1. The normalized spacial score (nSPS) is 10.4. The van der Waals surface area contributed by atoms with Gasteiger partial charge in [0, 0.05) is 6.07 Å². The molecule has 0 radical (unpaired) electrons. The van der Waals surface area contributed by atoms with Crippen molar-refractivity contribution in [2.24, 2.45) is 0 Å². The second-order valence-corrected chi connectivity index (χ2v) is 2.44. The smallest absolute Gasteiger partial charge is 0.356 e. The standard InChI is InChI=1S/C9H10N2O3/c1-2-3-6-14-8-5-4-7(9(12)13)10-11-8/h2-5H,6H2,1H3,(H,12,13). The van der Waals surface area contributed by atoms with Gasteiger partial charge in [0.15, 0.2) is 5.69 Å². The molecule has 0 fully saturated rings. The monoisotopic (exact) mass is 194 g/mol. The van der Waals surface area contributed by atoms with Crippen LogP contribution in [-0.2, 0) is 0 Å². The highest BCUT2D eigenvalue weighted by molar-refractivity contribution is 5.84. The van der Waals surface area contributed by atoms with Gasteiger partial charge in [0.05, 0.1) is 0 Å². The Balaban J connectivity index is 2.59. The molecule has 0 unspecified atom stereocenters. The van der Waals surface area contributed by atoms with Crippen LogP contribution >= 0.6 is 0 Å². The summed E-state index contributed by atoms with van der Waals surface area (Å²) >= 11 is 0. The number of aromatic nitrogens is 2. The Labute approximate surface area is 81.0 Å². The average molecular weight is 194 g/mol. The zero-order chi connectivity index (χ0) is 10.4. The summed E-state index contributed by atoms with van der Waals surface area (Å²) in [5, 5.41) is 15.6. The molecular formula is C9H10N2O3. The summed E-state index contributed by atoms with van der Waals surface area (Å²) in [4.78, 5) is 10.4. The van der Waals surface area contributed by atoms with Crippen LogP contribution in [0.2, 0.25) is 0 Å². The van der Waals surface area contributed by atoms with Crippen molar-refractivity contribution in [2.45, 2.75) is 6.92 Å². The molecule has 0 saturated carbocycles. The van der Waals surface area contributed by atoms with Crippen molar-refractivity contribution in [2.75, 3.05) is 6.61 Å². The minimum atomic E-state index is -1.10. The van der Waals surface area contributed by atoms with Gasteiger partial charge in [0.25, 0.3) is 0 Å². The molecule has 0 bridgehead atoms. The first-order valence-electron chi connectivity index (χ1n) is 4.05. The quantitative estimate of drug-likeness (QED) is 0.727. The van der Waals surface area contributed by atoms with Gasteiger partial charge in [-0.2, -0.15) is 0 Å². The lowest BCUT2D eigenvalue weighted by atomic mass is 10.4. The highest BCUT2D eigenvalue weighted by Crippen LogP contribution is 2.04. The topological polar surface area (TPSA) is 72.3 Å². The van der Waals surface area contributed by atoms with E-state index in [1.807, 2.05) is 19.1 Å². The van der Waals surface area contributed by atoms with Gasteiger partial charge in [-0.1, -0.05) is 12.2 Å². The summed E-state index contributed by atoms with van der Waals surface area (Å²) in [6.45, 7) is 2.28. The molecule has 0 aliphatic rings. The average Bonchev–Trinajstić information content (AvgIpc) is 2.19. The molecule has 74 valence electrons. The van der Waals surface area contributed by atoms with Crippen LogP contribution in [0.5, 0.6) is 5.88 Å². The van der Waals surface area contributed by atoms with E-state index in [0.717, 1.165) is 0 Å². The van der Waals surface area contributed by atoms with Crippen molar-refractivity contribution < 1.29 is 14.6 Å². The van der Waals surface area contributed by atoms with E-state index in [1.165, 1.54) is 12.1 Å². The van der Waals surface area contributed by atoms with Gasteiger partial charge in [-0.05, 0) is 13.0 Å². The number of hydrogen-bond acceptors (Lipinski definition) is 4. The van der Waals surface area contributed by atoms with E-state index in [9.17, 15) is 4.79 Å². The van der Waals surface area contributed by atoms with Crippen molar-refractivity contribution in [1.29, 1.82) is 0 Å². The van der Waals surface area contributed by atoms with Crippen molar-refractivity contribution >= 4 is 5.97 Å². The summed E-state index contributed by atoms with van der Waals surface area (Å²) in [7, 11) is 0. The zero-order valence-corrected chi connectivity index (χ0v) is 7.67. The second kappa shape index (κ2) is 4.96. The maximum Gasteiger partial charge on any atom is 0.356 e. The van der Waals surface area contributed by atoms with Crippen molar-refractivity contribution in [3.05, 3.63) is 30.0 Å². The third-order valence-electron chi connectivity index (χ3n) is 1.42. The lowest BCUT2D eigenvalue weighted by molar-refractivity contribution is 0.0689. The molecule has 0 aliphatic carbocycles. The van der Waals surface area contributed by atoms with Gasteiger partial charge in [-0.25, -0.2) is 4.79 Å². The summed E-state index contributed by atoms with van der Waals surface area (Å²) in [6, 6.07) is 2.82. The number of carboxylic acids is 1. The van der Waals surface area contributed by atoms with Crippen LogP contribution in [0.1, 0.15) is 17.4 Å². The van der Waals surface area contributed by atoms with E-state index in [-0.39, 0.29) is 5.69 Å². The van der Waals surface area contributed by atoms with Crippen LogP contribution in [0.4, 0.5) is 0 Å². The second-order valence-electron chi connectivity index (χ2n) is 2.44. The summed E-state index contributed by atoms with van der Waals surface area (Å²) in [5.74, 6) is -0.786. The van der Waals surface area contributed by atoms with E-state index in [4.69, 9.17) is 9.84 Å². The van der Waals surface area contributed by atoms with Crippen LogP contribution in [0.25, 0.3) is 0 Å². The van der Waals surface area contributed by atoms with E-state index in [0.29, 0.717) is 12.5 Å². The first-order valence-corrected chi connectivity index (χ1v) is 4.05. The molecule has 1 heterocycles. The fourth-order valence-electron chi connectivity index (χ4n) is 0.741. The van der Waals surface area contributed by atoms with Gasteiger partial charge in [-0.3, -0.25) is 0 Å². The van der Waals surface area contributed by atoms with Gasteiger partial charge in [-0.15, -0.1) is 10.2 Å². The number of carboxylic acid groups (broad SMARTS) is 1. The number of allylic oxidation sites excluding steroid dienone is 1. The highest BCUT2D eigenvalue weighted by Gasteiger charge is 2.04. The minimum absolute atomic E-state index is 0.0941. The maximum absolute atomic E-state index is 10.4. The Bertz CT molecular complexity index is 332. The first kappa shape index (κ1) is 10.2. The van der Waals surface area contributed by atoms with E-state index in [1.54, 1.807) is 0 Å². The van der Waals surface area contributed by atoms with Crippen LogP contribution < -0.4 is 4.74 Å². The molecule has 1 N–H and O–H groups in total. The van der Waals surface area contributed by atoms with Gasteiger partial charge >= 0.3 is 5.97 Å². The fourth-order valence-corrected chi connectivity index (χ4v) is 0.741. The first-order chi connectivity index (χ1) is 6.74. The predicted molar refractivity (Wildman–Crippen MR) is 49.3 cm³/mol. The van der Waals surface area contributed by atoms with Crippen molar-refractivity contribution in [3.63, 3.8) is 0 Å². The molecule has 0 amide bonds. The van der Waals surface area contributed by atoms with E-state index in [2.05, 4.69) is 10.2 Å². The largest absolute Gasteiger partial charge is 0.476 e. The number of rotatable bonds is 4. The molecule has 0 aliphatic heterocycles. The summed E-state index contributed by atoms with van der Waals surface area (Å²) in [5.41, 5.74) is -0.0941. The van der Waals surface area contributed by atoms with Crippen LogP contribution in [0.15, 0.2) is 24.3 Å². The van der Waals surface area contributed by atoms with Crippen LogP contribution in [-0.4, -0.2) is 27.9 Å². The number of aromatic carboxylic acids is 1. The Morgan fingerprint density at radius 2 is 2.36 bits per heavy atom. The van der Waals surface area contributed by atoms with Crippen LogP contribution in [0.3, 0.4) is 0 Å². The summed E-state index contributed by atoms with van der Waals surface area (Å²) in [6.07, 6.45) is 3.66. The number of hydrogen-bond donors (Lipinski definition) is 1. The fraction of sp³-hybridized carbons (Fsp3) is 0.222. The Hall–Kier alpha value is -1.91. The van der Waals surface area contributed by atoms with E-state index < -0.39 is 5.97 Å². The number of nitrogens with zero attached hydrogens (tertiary/aromatic N) is 2. The van der Waals surface area contributed by atoms with Gasteiger partial charge in [0.2, 0.25) is 5.88 Å². The Morgan fingerprint density at radius 1 is 1.57 bits per heavy atom. The maximum atomic E-state index is 10.4. The molecular weight excluding hydrogens is 184 g/mol. The molecule has 0 atom stereocenters. The molecule has 5 nitrogen and oxygen atoms in total. The third-order valence-corrected chi connectivity index (χ3v) is 1.42. The zero-order valence-electron chi connectivity index (χ0n) is 7.67. The highest BCUT2D eigenvalue weighted by atomic mass is 16.5. The lowest BCUT2D eigenvalue weighted by Crippen LogP contribution is -2.03. The molecule has 0 saturated heterocycles. The Morgan fingerprint density at radius 3 is 2.86 bits per heavy atom. The molecule has 0 spiro atoms. The molecule has 5 heteroatoms. The number of ether oxygens (including phenoxy) is 1. The predicted octanol–water partition coefficient (Wildman–Crippen LogP) is 1.13. The van der Waals surface area contributed by atoms with Crippen LogP contribution in [0, 0.1) is 0 Å². The van der Waals surface area contributed by atoms with Crippen molar-refractivity contribution in [3.8, 4) is 5.88 Å².